The van der Waals surface area contributed by atoms with Gasteiger partial charge in [0.05, 0.1) is 0 Å². The SMILES string of the molecule is CC=CC(NCSC)C(=O)O. The van der Waals surface area contributed by atoms with Gasteiger partial charge in [-0.3, -0.25) is 10.1 Å². The monoisotopic (exact) mass is 175 g/mol. The lowest BCUT2D eigenvalue weighted by molar-refractivity contribution is -0.138. The highest BCUT2D eigenvalue weighted by Crippen LogP contribution is 1.92. The third kappa shape index (κ3) is 4.86. The summed E-state index contributed by atoms with van der Waals surface area (Å²) in [6, 6.07) is -0.549. The number of carbonyl (C=O) groups is 1. The molecule has 0 aromatic heterocycles. The summed E-state index contributed by atoms with van der Waals surface area (Å²) in [5.74, 6) is -0.182. The molecule has 0 aliphatic rings. The van der Waals surface area contributed by atoms with Crippen LogP contribution in [-0.4, -0.2) is 29.3 Å². The second-order valence-electron chi connectivity index (χ2n) is 1.98. The predicted molar refractivity (Wildman–Crippen MR) is 47.8 cm³/mol. The third-order valence-corrected chi connectivity index (χ3v) is 1.55. The van der Waals surface area contributed by atoms with E-state index in [9.17, 15) is 4.79 Å². The standard InChI is InChI=1S/C7H13NO2S/c1-3-4-6(7(9)10)8-5-11-2/h3-4,6,8H,5H2,1-2H3,(H,9,10). The van der Waals surface area contributed by atoms with Gasteiger partial charge in [-0.25, -0.2) is 0 Å². The average molecular weight is 175 g/mol. The van der Waals surface area contributed by atoms with Gasteiger partial charge < -0.3 is 5.11 Å². The lowest BCUT2D eigenvalue weighted by Gasteiger charge is -2.07. The average Bonchev–Trinajstić information content (AvgIpc) is 1.97. The predicted octanol–water partition coefficient (Wildman–Crippen LogP) is 0.926. The molecule has 0 fully saturated rings. The molecule has 0 saturated carbocycles. The molecule has 3 nitrogen and oxygen atoms in total. The van der Waals surface area contributed by atoms with E-state index in [0.717, 1.165) is 0 Å². The molecule has 2 N–H and O–H groups in total. The summed E-state index contributed by atoms with van der Waals surface area (Å²) in [5.41, 5.74) is 0. The summed E-state index contributed by atoms with van der Waals surface area (Å²) >= 11 is 1.56. The minimum absolute atomic E-state index is 0.549. The molecule has 0 spiro atoms. The molecule has 0 amide bonds. The normalized spacial score (nSPS) is 13.6. The molecule has 0 saturated heterocycles. The summed E-state index contributed by atoms with van der Waals surface area (Å²) in [6.45, 7) is 1.80. The van der Waals surface area contributed by atoms with Crippen molar-refractivity contribution in [2.24, 2.45) is 0 Å². The zero-order valence-corrected chi connectivity index (χ0v) is 7.52. The summed E-state index contributed by atoms with van der Waals surface area (Å²) in [4.78, 5) is 10.5. The van der Waals surface area contributed by atoms with Crippen molar-refractivity contribution in [3.8, 4) is 0 Å². The number of hydrogen-bond donors (Lipinski definition) is 2. The quantitative estimate of drug-likeness (QED) is 0.482. The minimum atomic E-state index is -0.836. The molecule has 0 heterocycles. The molecule has 11 heavy (non-hydrogen) atoms. The molecule has 4 heteroatoms. The Morgan fingerprint density at radius 3 is 2.82 bits per heavy atom. The van der Waals surface area contributed by atoms with Crippen LogP contribution in [0.15, 0.2) is 12.2 Å². The summed E-state index contributed by atoms with van der Waals surface area (Å²) in [6.07, 6.45) is 5.27. The number of carboxylic acids is 1. The van der Waals surface area contributed by atoms with Crippen LogP contribution in [0.4, 0.5) is 0 Å². The fraction of sp³-hybridized carbons (Fsp3) is 0.571. The Bertz CT molecular complexity index is 147. The highest BCUT2D eigenvalue weighted by atomic mass is 32.2. The first-order valence-corrected chi connectivity index (χ1v) is 4.69. The van der Waals surface area contributed by atoms with Gasteiger partial charge in [0.2, 0.25) is 0 Å². The van der Waals surface area contributed by atoms with E-state index in [1.54, 1.807) is 30.8 Å². The molecule has 0 radical (unpaired) electrons. The van der Waals surface area contributed by atoms with Gasteiger partial charge in [-0.2, -0.15) is 0 Å². The maximum Gasteiger partial charge on any atom is 0.324 e. The van der Waals surface area contributed by atoms with Crippen molar-refractivity contribution in [3.05, 3.63) is 12.2 Å². The van der Waals surface area contributed by atoms with Gasteiger partial charge in [0.1, 0.15) is 6.04 Å². The summed E-state index contributed by atoms with van der Waals surface area (Å²) < 4.78 is 0. The van der Waals surface area contributed by atoms with Gasteiger partial charge in [-0.1, -0.05) is 12.2 Å². The minimum Gasteiger partial charge on any atom is -0.480 e. The zero-order chi connectivity index (χ0) is 8.69. The molecule has 64 valence electrons. The van der Waals surface area contributed by atoms with Crippen LogP contribution < -0.4 is 5.32 Å². The summed E-state index contributed by atoms with van der Waals surface area (Å²) in [7, 11) is 0. The molecule has 0 aromatic carbocycles. The van der Waals surface area contributed by atoms with Gasteiger partial charge in [0.25, 0.3) is 0 Å². The Kier molecular flexibility index (Phi) is 5.97. The summed E-state index contributed by atoms with van der Waals surface area (Å²) in [5, 5.41) is 11.5. The molecule has 0 aliphatic heterocycles. The molecule has 0 bridgehead atoms. The molecule has 0 aliphatic carbocycles. The molecular weight excluding hydrogens is 162 g/mol. The van der Waals surface area contributed by atoms with Crippen LogP contribution in [0.3, 0.4) is 0 Å². The molecule has 1 unspecified atom stereocenters. The number of rotatable bonds is 5. The van der Waals surface area contributed by atoms with Gasteiger partial charge in [-0.15, -0.1) is 11.8 Å². The lowest BCUT2D eigenvalue weighted by Crippen LogP contribution is -2.34. The Labute approximate surface area is 70.9 Å². The van der Waals surface area contributed by atoms with Gasteiger partial charge >= 0.3 is 5.97 Å². The van der Waals surface area contributed by atoms with E-state index in [1.165, 1.54) is 0 Å². The van der Waals surface area contributed by atoms with Crippen LogP contribution in [0, 0.1) is 0 Å². The number of carboxylic acid groups (broad SMARTS) is 1. The van der Waals surface area contributed by atoms with Crippen molar-refractivity contribution in [2.45, 2.75) is 13.0 Å². The Hall–Kier alpha value is -0.480. The highest BCUT2D eigenvalue weighted by Gasteiger charge is 2.10. The van der Waals surface area contributed by atoms with E-state index in [4.69, 9.17) is 5.11 Å². The van der Waals surface area contributed by atoms with Crippen LogP contribution in [-0.2, 0) is 4.79 Å². The van der Waals surface area contributed by atoms with E-state index in [2.05, 4.69) is 5.32 Å². The Morgan fingerprint density at radius 1 is 1.82 bits per heavy atom. The van der Waals surface area contributed by atoms with Crippen molar-refractivity contribution in [1.82, 2.24) is 5.32 Å². The van der Waals surface area contributed by atoms with E-state index in [1.807, 2.05) is 6.26 Å². The maximum absolute atomic E-state index is 10.5. The van der Waals surface area contributed by atoms with Crippen molar-refractivity contribution < 1.29 is 9.90 Å². The second-order valence-corrected chi connectivity index (χ2v) is 2.84. The zero-order valence-electron chi connectivity index (χ0n) is 6.70. The van der Waals surface area contributed by atoms with Crippen molar-refractivity contribution >= 4 is 17.7 Å². The van der Waals surface area contributed by atoms with Gasteiger partial charge in [-0.05, 0) is 13.2 Å². The first-order chi connectivity index (χ1) is 5.22. The third-order valence-electron chi connectivity index (χ3n) is 1.10. The molecule has 0 rings (SSSR count). The number of nitrogens with one attached hydrogen (secondary N) is 1. The van der Waals surface area contributed by atoms with Crippen LogP contribution in [0.1, 0.15) is 6.92 Å². The Balaban J connectivity index is 3.79. The van der Waals surface area contributed by atoms with E-state index in [0.29, 0.717) is 5.88 Å². The number of hydrogen-bond acceptors (Lipinski definition) is 3. The first-order valence-electron chi connectivity index (χ1n) is 3.30. The van der Waals surface area contributed by atoms with Crippen molar-refractivity contribution in [2.75, 3.05) is 12.1 Å². The number of thioether (sulfide) groups is 1. The van der Waals surface area contributed by atoms with Crippen LogP contribution >= 0.6 is 11.8 Å². The van der Waals surface area contributed by atoms with Crippen LogP contribution in [0.25, 0.3) is 0 Å². The first kappa shape index (κ1) is 10.5. The van der Waals surface area contributed by atoms with Crippen molar-refractivity contribution in [1.29, 1.82) is 0 Å². The van der Waals surface area contributed by atoms with Gasteiger partial charge in [0, 0.05) is 5.88 Å². The second kappa shape index (κ2) is 6.24. The number of aliphatic carboxylic acids is 1. The molecular formula is C7H13NO2S. The van der Waals surface area contributed by atoms with Crippen LogP contribution in [0.5, 0.6) is 0 Å². The highest BCUT2D eigenvalue weighted by molar-refractivity contribution is 7.98. The largest absolute Gasteiger partial charge is 0.480 e. The molecule has 0 aromatic rings. The smallest absolute Gasteiger partial charge is 0.324 e. The van der Waals surface area contributed by atoms with E-state index < -0.39 is 12.0 Å². The van der Waals surface area contributed by atoms with Gasteiger partial charge in [0.15, 0.2) is 0 Å². The maximum atomic E-state index is 10.5. The van der Waals surface area contributed by atoms with E-state index in [-0.39, 0.29) is 0 Å². The van der Waals surface area contributed by atoms with Crippen molar-refractivity contribution in [3.63, 3.8) is 0 Å². The fourth-order valence-electron chi connectivity index (χ4n) is 0.603. The fourth-order valence-corrected chi connectivity index (χ4v) is 0.949. The van der Waals surface area contributed by atoms with Crippen LogP contribution in [0.2, 0.25) is 0 Å². The Morgan fingerprint density at radius 2 is 2.45 bits per heavy atom. The van der Waals surface area contributed by atoms with E-state index >= 15 is 0 Å². The number of allylic oxidation sites excluding steroid dienone is 1. The lowest BCUT2D eigenvalue weighted by atomic mass is 10.3. The topological polar surface area (TPSA) is 49.3 Å². The molecule has 1 atom stereocenters.